The lowest BCUT2D eigenvalue weighted by molar-refractivity contribution is -0.141. The van der Waals surface area contributed by atoms with Crippen LogP contribution in [0, 0.1) is 19.8 Å². The van der Waals surface area contributed by atoms with Crippen molar-refractivity contribution in [2.75, 3.05) is 11.5 Å². The zero-order valence-electron chi connectivity index (χ0n) is 18.6. The Balaban J connectivity index is 1.52. The van der Waals surface area contributed by atoms with Gasteiger partial charge in [-0.15, -0.1) is 0 Å². The number of hydrogen-bond acceptors (Lipinski definition) is 5. The van der Waals surface area contributed by atoms with Gasteiger partial charge < -0.3 is 14.1 Å². The molecule has 1 saturated heterocycles. The van der Waals surface area contributed by atoms with Crippen molar-refractivity contribution in [1.82, 2.24) is 4.90 Å². The molecule has 0 N–H and O–H groups in total. The van der Waals surface area contributed by atoms with E-state index in [1.54, 1.807) is 11.8 Å². The second-order valence-corrected chi connectivity index (χ2v) is 11.5. The van der Waals surface area contributed by atoms with Crippen LogP contribution < -0.4 is 4.74 Å². The molecule has 0 spiro atoms. The first-order valence-electron chi connectivity index (χ1n) is 11.0. The molecule has 4 atom stereocenters. The Morgan fingerprint density at radius 2 is 1.90 bits per heavy atom. The Hall–Kier alpha value is -2.28. The van der Waals surface area contributed by atoms with Crippen molar-refractivity contribution in [3.8, 4) is 5.75 Å². The van der Waals surface area contributed by atoms with E-state index in [1.165, 1.54) is 0 Å². The van der Waals surface area contributed by atoms with Gasteiger partial charge in [0.05, 0.1) is 18.1 Å². The maximum Gasteiger partial charge on any atom is 0.264 e. The summed E-state index contributed by atoms with van der Waals surface area (Å²) >= 11 is 0. The molecular formula is C24H31NO5S. The number of carbonyl (C=O) groups is 1. The summed E-state index contributed by atoms with van der Waals surface area (Å²) in [6, 6.07) is 9.36. The highest BCUT2D eigenvalue weighted by Gasteiger charge is 2.39. The van der Waals surface area contributed by atoms with Crippen LogP contribution in [0.1, 0.15) is 55.3 Å². The van der Waals surface area contributed by atoms with Crippen molar-refractivity contribution in [2.24, 2.45) is 5.92 Å². The Morgan fingerprint density at radius 3 is 2.48 bits per heavy atom. The van der Waals surface area contributed by atoms with Crippen LogP contribution in [0.3, 0.4) is 0 Å². The normalized spacial score (nSPS) is 25.2. The van der Waals surface area contributed by atoms with Crippen LogP contribution in [-0.2, 0) is 21.2 Å². The molecule has 1 aromatic heterocycles. The molecule has 0 bridgehead atoms. The zero-order chi connectivity index (χ0) is 22.3. The summed E-state index contributed by atoms with van der Waals surface area (Å²) < 4.78 is 36.2. The van der Waals surface area contributed by atoms with E-state index in [-0.39, 0.29) is 30.0 Å². The van der Waals surface area contributed by atoms with Gasteiger partial charge in [-0.1, -0.05) is 13.0 Å². The van der Waals surface area contributed by atoms with Gasteiger partial charge in [0.25, 0.3) is 5.91 Å². The van der Waals surface area contributed by atoms with E-state index >= 15 is 0 Å². The number of carbonyl (C=O) groups excluding carboxylic acids is 1. The van der Waals surface area contributed by atoms with Gasteiger partial charge in [-0.25, -0.2) is 8.42 Å². The number of aryl methyl sites for hydroxylation is 2. The summed E-state index contributed by atoms with van der Waals surface area (Å²) in [5.41, 5.74) is 2.12. The Morgan fingerprint density at radius 1 is 1.23 bits per heavy atom. The SMILES string of the molecule is Cc1cc(C)cc(OC(C)C(=O)N(Cc2ccc(C3CC3C)o2)C2CCS(=O)(=O)C2)c1. The maximum atomic E-state index is 13.4. The molecule has 2 aromatic rings. The van der Waals surface area contributed by atoms with Crippen molar-refractivity contribution in [3.05, 3.63) is 53.0 Å². The molecule has 31 heavy (non-hydrogen) atoms. The average Bonchev–Trinajstić information content (AvgIpc) is 3.07. The number of furan rings is 1. The van der Waals surface area contributed by atoms with Crippen molar-refractivity contribution in [2.45, 2.75) is 65.1 Å². The maximum absolute atomic E-state index is 13.4. The first kappa shape index (κ1) is 21.9. The van der Waals surface area contributed by atoms with Gasteiger partial charge in [-0.2, -0.15) is 0 Å². The molecular weight excluding hydrogens is 414 g/mol. The van der Waals surface area contributed by atoms with Crippen molar-refractivity contribution >= 4 is 15.7 Å². The van der Waals surface area contributed by atoms with Gasteiger partial charge >= 0.3 is 0 Å². The minimum atomic E-state index is -3.13. The highest BCUT2D eigenvalue weighted by Crippen LogP contribution is 2.47. The smallest absolute Gasteiger partial charge is 0.264 e. The van der Waals surface area contributed by atoms with Gasteiger partial charge in [0.1, 0.15) is 17.3 Å². The van der Waals surface area contributed by atoms with Crippen LogP contribution in [0.4, 0.5) is 0 Å². The molecule has 4 rings (SSSR count). The molecule has 2 heterocycles. The molecule has 1 saturated carbocycles. The predicted molar refractivity (Wildman–Crippen MR) is 119 cm³/mol. The number of amides is 1. The molecule has 1 aliphatic heterocycles. The summed E-state index contributed by atoms with van der Waals surface area (Å²) in [4.78, 5) is 15.0. The quantitative estimate of drug-likeness (QED) is 0.644. The summed E-state index contributed by atoms with van der Waals surface area (Å²) in [7, 11) is -3.13. The lowest BCUT2D eigenvalue weighted by Crippen LogP contribution is -2.46. The summed E-state index contributed by atoms with van der Waals surface area (Å²) in [5.74, 6) is 3.23. The van der Waals surface area contributed by atoms with Crippen LogP contribution >= 0.6 is 0 Å². The largest absolute Gasteiger partial charge is 0.481 e. The van der Waals surface area contributed by atoms with Gasteiger partial charge in [-0.05, 0) is 74.9 Å². The molecule has 1 aliphatic carbocycles. The minimum absolute atomic E-state index is 0.0117. The first-order chi connectivity index (χ1) is 14.6. The Bertz CT molecular complexity index is 1050. The summed E-state index contributed by atoms with van der Waals surface area (Å²) in [5, 5.41) is 0. The Labute approximate surface area is 184 Å². The highest BCUT2D eigenvalue weighted by atomic mass is 32.2. The van der Waals surface area contributed by atoms with E-state index < -0.39 is 15.9 Å². The fraction of sp³-hybridized carbons (Fsp3) is 0.542. The number of nitrogens with zero attached hydrogens (tertiary/aromatic N) is 1. The number of benzene rings is 1. The van der Waals surface area contributed by atoms with Gasteiger partial charge in [0.2, 0.25) is 0 Å². The third kappa shape index (κ3) is 5.14. The van der Waals surface area contributed by atoms with E-state index in [0.717, 1.165) is 23.3 Å². The van der Waals surface area contributed by atoms with Crippen molar-refractivity contribution < 1.29 is 22.4 Å². The van der Waals surface area contributed by atoms with Crippen LogP contribution in [0.15, 0.2) is 34.7 Å². The van der Waals surface area contributed by atoms with Gasteiger partial charge in [-0.3, -0.25) is 4.79 Å². The number of ether oxygens (including phenoxy) is 1. The molecule has 1 amide bonds. The first-order valence-corrected chi connectivity index (χ1v) is 12.8. The molecule has 7 heteroatoms. The zero-order valence-corrected chi connectivity index (χ0v) is 19.4. The fourth-order valence-electron chi connectivity index (χ4n) is 4.46. The second kappa shape index (κ2) is 8.34. The molecule has 1 aromatic carbocycles. The van der Waals surface area contributed by atoms with E-state index in [2.05, 4.69) is 6.92 Å². The number of hydrogen-bond donors (Lipinski definition) is 0. The third-order valence-corrected chi connectivity index (χ3v) is 8.02. The van der Waals surface area contributed by atoms with Crippen molar-refractivity contribution in [3.63, 3.8) is 0 Å². The lowest BCUT2D eigenvalue weighted by Gasteiger charge is -2.30. The summed E-state index contributed by atoms with van der Waals surface area (Å²) in [6.07, 6.45) is 0.830. The summed E-state index contributed by atoms with van der Waals surface area (Å²) in [6.45, 7) is 8.13. The molecule has 2 aliphatic rings. The number of sulfone groups is 1. The van der Waals surface area contributed by atoms with Crippen LogP contribution in [0.5, 0.6) is 5.75 Å². The average molecular weight is 446 g/mol. The van der Waals surface area contributed by atoms with E-state index in [9.17, 15) is 13.2 Å². The van der Waals surface area contributed by atoms with Gasteiger partial charge in [0, 0.05) is 12.0 Å². The Kier molecular flexibility index (Phi) is 5.90. The van der Waals surface area contributed by atoms with E-state index in [4.69, 9.17) is 9.15 Å². The molecule has 6 nitrogen and oxygen atoms in total. The lowest BCUT2D eigenvalue weighted by atomic mass is 10.1. The van der Waals surface area contributed by atoms with Gasteiger partial charge in [0.15, 0.2) is 15.9 Å². The van der Waals surface area contributed by atoms with E-state index in [0.29, 0.717) is 29.8 Å². The third-order valence-electron chi connectivity index (χ3n) is 6.27. The predicted octanol–water partition coefficient (Wildman–Crippen LogP) is 4.00. The molecule has 2 fully saturated rings. The topological polar surface area (TPSA) is 76.8 Å². The van der Waals surface area contributed by atoms with Crippen LogP contribution in [-0.4, -0.2) is 42.9 Å². The fourth-order valence-corrected chi connectivity index (χ4v) is 6.19. The van der Waals surface area contributed by atoms with Crippen LogP contribution in [0.25, 0.3) is 0 Å². The molecule has 4 unspecified atom stereocenters. The molecule has 0 radical (unpaired) electrons. The minimum Gasteiger partial charge on any atom is -0.481 e. The second-order valence-electron chi connectivity index (χ2n) is 9.23. The van der Waals surface area contributed by atoms with Crippen LogP contribution in [0.2, 0.25) is 0 Å². The van der Waals surface area contributed by atoms with Crippen molar-refractivity contribution in [1.29, 1.82) is 0 Å². The molecule has 168 valence electrons. The monoisotopic (exact) mass is 445 g/mol. The standard InChI is InChI=1S/C24H31NO5S/c1-15-9-16(2)11-21(10-15)29-18(4)24(26)25(19-7-8-31(27,28)14-19)13-20-5-6-23(30-20)22-12-17(22)3/h5-6,9-11,17-19,22H,7-8,12-14H2,1-4H3. The van der Waals surface area contributed by atoms with E-state index in [1.807, 2.05) is 44.2 Å². The highest BCUT2D eigenvalue weighted by molar-refractivity contribution is 7.91. The number of rotatable bonds is 7.